The van der Waals surface area contributed by atoms with Gasteiger partial charge in [-0.3, -0.25) is 29.4 Å². The Morgan fingerprint density at radius 2 is 1.72 bits per heavy atom. The number of fused-ring (bicyclic) bond motifs is 1. The van der Waals surface area contributed by atoms with Gasteiger partial charge in [0.15, 0.2) is 0 Å². The SMILES string of the molecule is O=C(NC1CCCCC1)c1cc([N+](=O)[O-])ccc1NCCN1C(=O)C2CC=CCC2C1=O. The van der Waals surface area contributed by atoms with Gasteiger partial charge in [-0.2, -0.15) is 0 Å². The van der Waals surface area contributed by atoms with Crippen molar-refractivity contribution >= 4 is 29.1 Å². The third kappa shape index (κ3) is 4.51. The zero-order chi connectivity index (χ0) is 22.7. The summed E-state index contributed by atoms with van der Waals surface area (Å²) in [5, 5.41) is 17.3. The summed E-state index contributed by atoms with van der Waals surface area (Å²) in [6, 6.07) is 4.18. The normalized spacial score (nSPS) is 23.2. The molecule has 9 nitrogen and oxygen atoms in total. The Kier molecular flexibility index (Phi) is 6.53. The highest BCUT2D eigenvalue weighted by Gasteiger charge is 2.46. The molecule has 1 aliphatic heterocycles. The molecule has 2 fully saturated rings. The lowest BCUT2D eigenvalue weighted by Crippen LogP contribution is -2.37. The van der Waals surface area contributed by atoms with Gasteiger partial charge in [0.25, 0.3) is 11.6 Å². The number of nitro groups is 1. The van der Waals surface area contributed by atoms with Crippen LogP contribution in [0.25, 0.3) is 0 Å². The number of nitro benzene ring substituents is 1. The van der Waals surface area contributed by atoms with Crippen molar-refractivity contribution in [3.63, 3.8) is 0 Å². The first-order valence-corrected chi connectivity index (χ1v) is 11.3. The lowest BCUT2D eigenvalue weighted by molar-refractivity contribution is -0.384. The predicted molar refractivity (Wildman–Crippen MR) is 118 cm³/mol. The number of hydrogen-bond acceptors (Lipinski definition) is 6. The molecule has 3 amide bonds. The molecule has 1 heterocycles. The van der Waals surface area contributed by atoms with Crippen LogP contribution in [0.1, 0.15) is 55.3 Å². The molecule has 2 N–H and O–H groups in total. The quantitative estimate of drug-likeness (QED) is 0.291. The highest BCUT2D eigenvalue weighted by atomic mass is 16.6. The van der Waals surface area contributed by atoms with Crippen molar-refractivity contribution in [1.29, 1.82) is 0 Å². The van der Waals surface area contributed by atoms with Crippen LogP contribution in [0.2, 0.25) is 0 Å². The smallest absolute Gasteiger partial charge is 0.270 e. The van der Waals surface area contributed by atoms with Crippen LogP contribution >= 0.6 is 0 Å². The van der Waals surface area contributed by atoms with Crippen molar-refractivity contribution in [2.45, 2.75) is 51.0 Å². The van der Waals surface area contributed by atoms with Gasteiger partial charge in [-0.05, 0) is 31.7 Å². The number of amides is 3. The van der Waals surface area contributed by atoms with E-state index in [9.17, 15) is 24.5 Å². The van der Waals surface area contributed by atoms with Crippen molar-refractivity contribution in [3.8, 4) is 0 Å². The van der Waals surface area contributed by atoms with E-state index in [-0.39, 0.29) is 59.9 Å². The van der Waals surface area contributed by atoms with Crippen molar-refractivity contribution in [1.82, 2.24) is 10.2 Å². The summed E-state index contributed by atoms with van der Waals surface area (Å²) in [6.45, 7) is 0.442. The average molecular weight is 441 g/mol. The first-order valence-electron chi connectivity index (χ1n) is 11.3. The van der Waals surface area contributed by atoms with E-state index < -0.39 is 4.92 Å². The second-order valence-corrected chi connectivity index (χ2v) is 8.71. The molecule has 1 saturated carbocycles. The average Bonchev–Trinajstić information content (AvgIpc) is 3.04. The molecule has 2 atom stereocenters. The summed E-state index contributed by atoms with van der Waals surface area (Å²) in [4.78, 5) is 50.1. The Bertz CT molecular complexity index is 928. The number of likely N-dealkylation sites (tertiary alicyclic amines) is 1. The van der Waals surface area contributed by atoms with Crippen molar-refractivity contribution in [2.24, 2.45) is 11.8 Å². The van der Waals surface area contributed by atoms with Gasteiger partial charge < -0.3 is 10.6 Å². The van der Waals surface area contributed by atoms with E-state index in [1.165, 1.54) is 23.1 Å². The van der Waals surface area contributed by atoms with Crippen LogP contribution in [-0.4, -0.2) is 46.7 Å². The van der Waals surface area contributed by atoms with Crippen LogP contribution < -0.4 is 10.6 Å². The Hall–Kier alpha value is -3.23. The number of non-ortho nitro benzene ring substituents is 1. The maximum atomic E-state index is 12.9. The third-order valence-corrected chi connectivity index (χ3v) is 6.65. The van der Waals surface area contributed by atoms with E-state index in [0.29, 0.717) is 18.5 Å². The number of rotatable bonds is 7. The predicted octanol–water partition coefficient (Wildman–Crippen LogP) is 3.02. The molecule has 3 aliphatic rings. The standard InChI is InChI=1S/C23H28N4O5/c28-21(25-15-6-2-1-3-7-15)19-14-16(27(31)32)10-11-20(19)24-12-13-26-22(29)17-8-4-5-9-18(17)23(26)30/h4-5,10-11,14-15,17-18,24H,1-3,6-9,12-13H2,(H,25,28). The molecule has 170 valence electrons. The molecule has 0 bridgehead atoms. The number of imide groups is 1. The van der Waals surface area contributed by atoms with Gasteiger partial charge in [-0.25, -0.2) is 0 Å². The zero-order valence-electron chi connectivity index (χ0n) is 17.9. The summed E-state index contributed by atoms with van der Waals surface area (Å²) < 4.78 is 0. The lowest BCUT2D eigenvalue weighted by Gasteiger charge is -2.23. The fourth-order valence-electron chi connectivity index (χ4n) is 4.89. The number of nitrogens with one attached hydrogen (secondary N) is 2. The molecular weight excluding hydrogens is 412 g/mol. The Labute approximate surface area is 186 Å². The number of benzene rings is 1. The van der Waals surface area contributed by atoms with Gasteiger partial charge in [0.2, 0.25) is 11.8 Å². The number of hydrogen-bond donors (Lipinski definition) is 2. The van der Waals surface area contributed by atoms with E-state index in [1.54, 1.807) is 0 Å². The largest absolute Gasteiger partial charge is 0.383 e. The van der Waals surface area contributed by atoms with E-state index in [2.05, 4.69) is 10.6 Å². The molecule has 0 spiro atoms. The highest BCUT2D eigenvalue weighted by molar-refractivity contribution is 6.05. The van der Waals surface area contributed by atoms with Gasteiger partial charge in [0, 0.05) is 37.0 Å². The van der Waals surface area contributed by atoms with Crippen molar-refractivity contribution in [3.05, 3.63) is 46.0 Å². The van der Waals surface area contributed by atoms with E-state index >= 15 is 0 Å². The summed E-state index contributed by atoms with van der Waals surface area (Å²) in [5.74, 6) is -1.20. The Morgan fingerprint density at radius 1 is 1.06 bits per heavy atom. The second kappa shape index (κ2) is 9.50. The minimum atomic E-state index is -0.529. The molecule has 4 rings (SSSR count). The van der Waals surface area contributed by atoms with Crippen LogP contribution in [-0.2, 0) is 9.59 Å². The van der Waals surface area contributed by atoms with Crippen LogP contribution in [0.15, 0.2) is 30.4 Å². The summed E-state index contributed by atoms with van der Waals surface area (Å²) in [6.07, 6.45) is 10.1. The molecule has 1 saturated heterocycles. The number of carbonyl (C=O) groups excluding carboxylic acids is 3. The number of allylic oxidation sites excluding steroid dienone is 2. The van der Waals surface area contributed by atoms with Crippen LogP contribution in [0, 0.1) is 22.0 Å². The lowest BCUT2D eigenvalue weighted by atomic mass is 9.85. The van der Waals surface area contributed by atoms with E-state index in [4.69, 9.17) is 0 Å². The van der Waals surface area contributed by atoms with Crippen LogP contribution in [0.5, 0.6) is 0 Å². The molecule has 0 radical (unpaired) electrons. The number of nitrogens with zero attached hydrogens (tertiary/aromatic N) is 2. The molecule has 32 heavy (non-hydrogen) atoms. The van der Waals surface area contributed by atoms with Gasteiger partial charge >= 0.3 is 0 Å². The van der Waals surface area contributed by atoms with Crippen molar-refractivity contribution < 1.29 is 19.3 Å². The topological polar surface area (TPSA) is 122 Å². The van der Waals surface area contributed by atoms with Gasteiger partial charge in [-0.15, -0.1) is 0 Å². The van der Waals surface area contributed by atoms with E-state index in [0.717, 1.165) is 32.1 Å². The molecule has 9 heteroatoms. The van der Waals surface area contributed by atoms with Gasteiger partial charge in [-0.1, -0.05) is 31.4 Å². The fourth-order valence-corrected chi connectivity index (χ4v) is 4.89. The molecule has 0 aromatic heterocycles. The van der Waals surface area contributed by atoms with Crippen LogP contribution in [0.3, 0.4) is 0 Å². The number of carbonyl (C=O) groups is 3. The fraction of sp³-hybridized carbons (Fsp3) is 0.522. The Balaban J connectivity index is 1.43. The monoisotopic (exact) mass is 440 g/mol. The maximum Gasteiger partial charge on any atom is 0.270 e. The minimum Gasteiger partial charge on any atom is -0.383 e. The highest BCUT2D eigenvalue weighted by Crippen LogP contribution is 2.35. The van der Waals surface area contributed by atoms with Crippen molar-refractivity contribution in [2.75, 3.05) is 18.4 Å². The zero-order valence-corrected chi connectivity index (χ0v) is 17.9. The van der Waals surface area contributed by atoms with Gasteiger partial charge in [0.05, 0.1) is 22.3 Å². The number of anilines is 1. The minimum absolute atomic E-state index is 0.0696. The Morgan fingerprint density at radius 3 is 2.34 bits per heavy atom. The summed E-state index contributed by atoms with van der Waals surface area (Å²) in [7, 11) is 0. The van der Waals surface area contributed by atoms with Crippen LogP contribution in [0.4, 0.5) is 11.4 Å². The first kappa shape index (κ1) is 22.0. The maximum absolute atomic E-state index is 12.9. The molecule has 2 aliphatic carbocycles. The molecule has 1 aromatic rings. The molecule has 1 aromatic carbocycles. The molecule has 2 unspecified atom stereocenters. The summed E-state index contributed by atoms with van der Waals surface area (Å²) in [5.41, 5.74) is 0.481. The first-order chi connectivity index (χ1) is 15.5. The summed E-state index contributed by atoms with van der Waals surface area (Å²) >= 11 is 0. The van der Waals surface area contributed by atoms with E-state index in [1.807, 2.05) is 12.2 Å². The second-order valence-electron chi connectivity index (χ2n) is 8.71. The van der Waals surface area contributed by atoms with Gasteiger partial charge in [0.1, 0.15) is 0 Å². The molecular formula is C23H28N4O5. The third-order valence-electron chi connectivity index (χ3n) is 6.65.